The molecule has 0 aliphatic heterocycles. The number of rotatable bonds is 4. The summed E-state index contributed by atoms with van der Waals surface area (Å²) < 4.78 is 2.48. The maximum absolute atomic E-state index is 5.13. The summed E-state index contributed by atoms with van der Waals surface area (Å²) in [5.41, 5.74) is 5.31. The summed E-state index contributed by atoms with van der Waals surface area (Å²) in [7, 11) is 0. The minimum Gasteiger partial charge on any atom is -0.208 e. The lowest BCUT2D eigenvalue weighted by atomic mass is 9.97. The van der Waals surface area contributed by atoms with Crippen molar-refractivity contribution in [2.75, 3.05) is 0 Å². The van der Waals surface area contributed by atoms with Crippen LogP contribution in [0.5, 0.6) is 0 Å². The Morgan fingerprint density at radius 3 is 1.80 bits per heavy atom. The van der Waals surface area contributed by atoms with E-state index < -0.39 is 0 Å². The third kappa shape index (κ3) is 4.46. The van der Waals surface area contributed by atoms with Gasteiger partial charge in [-0.2, -0.15) is 0 Å². The SMILES string of the molecule is c1ccc2cc(-c3nc(-c4ccc(-c5cccc6ccccc56)cc4)nc(-c4cccc5sc6ccccc6c45)n3)ccc2c1. The molecule has 0 amide bonds. The summed E-state index contributed by atoms with van der Waals surface area (Å²) in [6.45, 7) is 0. The van der Waals surface area contributed by atoms with Gasteiger partial charge < -0.3 is 0 Å². The Balaban J connectivity index is 1.23. The second-order valence-corrected chi connectivity index (χ2v) is 12.3. The standard InChI is InChI=1S/C41H25N3S/c1-2-11-30-25-31(24-19-26(30)9-1)40-42-39(29-22-20-28(21-23-29)33-15-7-12-27-10-3-4-13-32(27)33)43-41(44-40)35-16-8-18-37-38(35)34-14-5-6-17-36(34)45-37/h1-25H. The zero-order valence-electron chi connectivity index (χ0n) is 24.2. The Morgan fingerprint density at radius 1 is 0.356 bits per heavy atom. The van der Waals surface area contributed by atoms with Crippen LogP contribution < -0.4 is 0 Å². The van der Waals surface area contributed by atoms with Gasteiger partial charge in [-0.25, -0.2) is 15.0 Å². The molecule has 4 heteroatoms. The van der Waals surface area contributed by atoms with Crippen molar-refractivity contribution in [1.82, 2.24) is 15.0 Å². The van der Waals surface area contributed by atoms with E-state index in [9.17, 15) is 0 Å². The molecular weight excluding hydrogens is 567 g/mol. The molecule has 0 saturated heterocycles. The number of hydrogen-bond acceptors (Lipinski definition) is 4. The van der Waals surface area contributed by atoms with E-state index in [1.54, 1.807) is 11.3 Å². The maximum Gasteiger partial charge on any atom is 0.164 e. The van der Waals surface area contributed by atoms with Gasteiger partial charge in [-0.15, -0.1) is 11.3 Å². The summed E-state index contributed by atoms with van der Waals surface area (Å²) in [5.74, 6) is 2.00. The van der Waals surface area contributed by atoms with Crippen molar-refractivity contribution < 1.29 is 0 Å². The van der Waals surface area contributed by atoms with Gasteiger partial charge in [0.1, 0.15) is 0 Å². The Bertz CT molecular complexity index is 2540. The van der Waals surface area contributed by atoms with Gasteiger partial charge in [0.15, 0.2) is 17.5 Å². The van der Waals surface area contributed by atoms with Crippen LogP contribution >= 0.6 is 11.3 Å². The summed E-state index contributed by atoms with van der Waals surface area (Å²) >= 11 is 1.80. The molecular formula is C41H25N3S. The molecule has 7 aromatic carbocycles. The molecule has 45 heavy (non-hydrogen) atoms. The molecule has 210 valence electrons. The number of hydrogen-bond donors (Lipinski definition) is 0. The molecule has 0 saturated carbocycles. The minimum absolute atomic E-state index is 0.657. The fourth-order valence-electron chi connectivity index (χ4n) is 6.32. The smallest absolute Gasteiger partial charge is 0.164 e. The third-order valence-electron chi connectivity index (χ3n) is 8.53. The van der Waals surface area contributed by atoms with E-state index in [0.717, 1.165) is 27.6 Å². The van der Waals surface area contributed by atoms with Crippen molar-refractivity contribution >= 4 is 53.1 Å². The lowest BCUT2D eigenvalue weighted by Gasteiger charge is -2.11. The van der Waals surface area contributed by atoms with Crippen molar-refractivity contribution in [3.8, 4) is 45.3 Å². The lowest BCUT2D eigenvalue weighted by molar-refractivity contribution is 1.08. The van der Waals surface area contributed by atoms with Crippen LogP contribution in [-0.4, -0.2) is 15.0 Å². The van der Waals surface area contributed by atoms with Gasteiger partial charge in [0.05, 0.1) is 0 Å². The average molecular weight is 592 g/mol. The molecule has 0 spiro atoms. The Morgan fingerprint density at radius 2 is 0.933 bits per heavy atom. The highest BCUT2D eigenvalue weighted by Crippen LogP contribution is 2.40. The summed E-state index contributed by atoms with van der Waals surface area (Å²) in [6.07, 6.45) is 0. The van der Waals surface area contributed by atoms with Crippen LogP contribution in [0, 0.1) is 0 Å². The van der Waals surface area contributed by atoms with E-state index >= 15 is 0 Å². The van der Waals surface area contributed by atoms with Crippen molar-refractivity contribution in [3.05, 3.63) is 152 Å². The average Bonchev–Trinajstić information content (AvgIpc) is 3.50. The predicted octanol–water partition coefficient (Wildman–Crippen LogP) is 11.2. The van der Waals surface area contributed by atoms with Crippen LogP contribution in [-0.2, 0) is 0 Å². The highest BCUT2D eigenvalue weighted by atomic mass is 32.1. The highest BCUT2D eigenvalue weighted by molar-refractivity contribution is 7.25. The molecule has 3 nitrogen and oxygen atoms in total. The summed E-state index contributed by atoms with van der Waals surface area (Å²) in [6, 6.07) is 53.4. The summed E-state index contributed by atoms with van der Waals surface area (Å²) in [5, 5.41) is 7.23. The first-order valence-electron chi connectivity index (χ1n) is 15.0. The number of benzene rings is 7. The van der Waals surface area contributed by atoms with E-state index in [2.05, 4.69) is 152 Å². The molecule has 9 rings (SSSR count). The van der Waals surface area contributed by atoms with Crippen molar-refractivity contribution in [3.63, 3.8) is 0 Å². The van der Waals surface area contributed by atoms with E-state index in [4.69, 9.17) is 15.0 Å². The van der Waals surface area contributed by atoms with Crippen LogP contribution in [0.4, 0.5) is 0 Å². The number of fused-ring (bicyclic) bond motifs is 5. The second-order valence-electron chi connectivity index (χ2n) is 11.2. The predicted molar refractivity (Wildman–Crippen MR) is 189 cm³/mol. The van der Waals surface area contributed by atoms with Crippen LogP contribution in [0.3, 0.4) is 0 Å². The molecule has 0 bridgehead atoms. The second kappa shape index (κ2) is 10.5. The van der Waals surface area contributed by atoms with E-state index in [1.807, 2.05) is 0 Å². The van der Waals surface area contributed by atoms with Gasteiger partial charge in [0.2, 0.25) is 0 Å². The number of aromatic nitrogens is 3. The first-order chi connectivity index (χ1) is 22.3. The quantitative estimate of drug-likeness (QED) is 0.204. The summed E-state index contributed by atoms with van der Waals surface area (Å²) in [4.78, 5) is 15.3. The Kier molecular flexibility index (Phi) is 6.00. The number of thiophene rings is 1. The number of nitrogens with zero attached hydrogens (tertiary/aromatic N) is 3. The molecule has 0 fully saturated rings. The molecule has 0 aliphatic rings. The molecule has 0 N–H and O–H groups in total. The van der Waals surface area contributed by atoms with E-state index in [-0.39, 0.29) is 0 Å². The molecule has 0 aliphatic carbocycles. The maximum atomic E-state index is 5.13. The van der Waals surface area contributed by atoms with Crippen molar-refractivity contribution in [2.24, 2.45) is 0 Å². The highest BCUT2D eigenvalue weighted by Gasteiger charge is 2.17. The zero-order valence-corrected chi connectivity index (χ0v) is 25.0. The van der Waals surface area contributed by atoms with E-state index in [1.165, 1.54) is 41.9 Å². The molecule has 0 radical (unpaired) electrons. The first-order valence-corrected chi connectivity index (χ1v) is 15.8. The van der Waals surface area contributed by atoms with Crippen LogP contribution in [0.2, 0.25) is 0 Å². The van der Waals surface area contributed by atoms with Gasteiger partial charge in [-0.3, -0.25) is 0 Å². The molecule has 2 heterocycles. The normalized spacial score (nSPS) is 11.6. The Hall–Kier alpha value is -5.71. The lowest BCUT2D eigenvalue weighted by Crippen LogP contribution is -2.00. The van der Waals surface area contributed by atoms with Crippen molar-refractivity contribution in [2.45, 2.75) is 0 Å². The molecule has 9 aromatic rings. The van der Waals surface area contributed by atoms with Crippen molar-refractivity contribution in [1.29, 1.82) is 0 Å². The van der Waals surface area contributed by atoms with Gasteiger partial charge in [-0.05, 0) is 50.9 Å². The van der Waals surface area contributed by atoms with Crippen LogP contribution in [0.15, 0.2) is 152 Å². The molecule has 0 unspecified atom stereocenters. The first kappa shape index (κ1) is 25.8. The zero-order chi connectivity index (χ0) is 29.7. The van der Waals surface area contributed by atoms with Gasteiger partial charge in [-0.1, -0.05) is 133 Å². The van der Waals surface area contributed by atoms with Gasteiger partial charge in [0, 0.05) is 36.9 Å². The van der Waals surface area contributed by atoms with E-state index in [0.29, 0.717) is 17.5 Å². The van der Waals surface area contributed by atoms with Crippen LogP contribution in [0.1, 0.15) is 0 Å². The molecule has 0 atom stereocenters. The largest absolute Gasteiger partial charge is 0.208 e. The third-order valence-corrected chi connectivity index (χ3v) is 9.67. The van der Waals surface area contributed by atoms with Gasteiger partial charge in [0.25, 0.3) is 0 Å². The van der Waals surface area contributed by atoms with Crippen LogP contribution in [0.25, 0.3) is 87.0 Å². The topological polar surface area (TPSA) is 38.7 Å². The monoisotopic (exact) mass is 591 g/mol. The Labute approximate surface area is 264 Å². The fraction of sp³-hybridized carbons (Fsp3) is 0. The molecule has 2 aromatic heterocycles. The minimum atomic E-state index is 0.657. The van der Waals surface area contributed by atoms with Gasteiger partial charge >= 0.3 is 0 Å². The fourth-order valence-corrected chi connectivity index (χ4v) is 7.45.